The van der Waals surface area contributed by atoms with Gasteiger partial charge in [-0.05, 0) is 13.0 Å². The van der Waals surface area contributed by atoms with Crippen LogP contribution in [0.4, 0.5) is 0 Å². The molecule has 0 aliphatic heterocycles. The first kappa shape index (κ1) is 11.5. The van der Waals surface area contributed by atoms with E-state index in [0.717, 1.165) is 5.56 Å². The van der Waals surface area contributed by atoms with E-state index in [9.17, 15) is 9.90 Å². The zero-order valence-corrected chi connectivity index (χ0v) is 9.37. The lowest BCUT2D eigenvalue weighted by molar-refractivity contribution is 0.101. The summed E-state index contributed by atoms with van der Waals surface area (Å²) in [5, 5.41) is 9.96. The van der Waals surface area contributed by atoms with Crippen molar-refractivity contribution in [1.29, 1.82) is 0 Å². The summed E-state index contributed by atoms with van der Waals surface area (Å²) in [6.07, 6.45) is 1.76. The van der Waals surface area contributed by atoms with Crippen LogP contribution in [-0.4, -0.2) is 10.9 Å². The molecule has 0 aliphatic rings. The summed E-state index contributed by atoms with van der Waals surface area (Å²) in [5.41, 5.74) is 0.753. The normalized spacial score (nSPS) is 11.1. The molecule has 1 rings (SSSR count). The number of rotatable bonds is 3. The van der Waals surface area contributed by atoms with E-state index in [1.165, 1.54) is 6.92 Å². The number of ketones is 1. The zero-order chi connectivity index (χ0) is 11.6. The summed E-state index contributed by atoms with van der Waals surface area (Å²) >= 11 is 0. The molecule has 0 radical (unpaired) electrons. The van der Waals surface area contributed by atoms with Gasteiger partial charge in [-0.2, -0.15) is 0 Å². The molecule has 0 heterocycles. The van der Waals surface area contributed by atoms with Gasteiger partial charge in [-0.15, -0.1) is 6.58 Å². The molecular weight excluding hydrogens is 188 g/mol. The molecule has 0 saturated carbocycles. The van der Waals surface area contributed by atoms with Gasteiger partial charge in [0.2, 0.25) is 0 Å². The summed E-state index contributed by atoms with van der Waals surface area (Å²) in [6, 6.07) is 5.21. The van der Waals surface area contributed by atoms with E-state index in [4.69, 9.17) is 0 Å². The number of phenols is 1. The molecule has 0 unspecified atom stereocenters. The lowest BCUT2D eigenvalue weighted by Crippen LogP contribution is -2.14. The van der Waals surface area contributed by atoms with Crippen LogP contribution >= 0.6 is 0 Å². The highest BCUT2D eigenvalue weighted by atomic mass is 16.3. The van der Waals surface area contributed by atoms with Crippen LogP contribution in [0.5, 0.6) is 5.75 Å². The van der Waals surface area contributed by atoms with Crippen molar-refractivity contribution in [3.05, 3.63) is 42.0 Å². The fraction of sp³-hybridized carbons (Fsp3) is 0.308. The zero-order valence-electron chi connectivity index (χ0n) is 9.37. The van der Waals surface area contributed by atoms with Crippen molar-refractivity contribution in [2.24, 2.45) is 0 Å². The van der Waals surface area contributed by atoms with Crippen molar-refractivity contribution in [1.82, 2.24) is 0 Å². The molecular formula is C13H16O2. The monoisotopic (exact) mass is 204 g/mol. The molecule has 1 aromatic rings. The number of benzene rings is 1. The molecule has 1 N–H and O–H groups in total. The SMILES string of the molecule is C=CC(C)(C)c1cccc(C(C)=O)c1O. The third-order valence-corrected chi connectivity index (χ3v) is 2.62. The Kier molecular flexibility index (Phi) is 2.98. The molecule has 2 heteroatoms. The fourth-order valence-corrected chi connectivity index (χ4v) is 1.46. The smallest absolute Gasteiger partial charge is 0.163 e. The minimum Gasteiger partial charge on any atom is -0.507 e. The fourth-order valence-electron chi connectivity index (χ4n) is 1.46. The number of aromatic hydroxyl groups is 1. The Morgan fingerprint density at radius 1 is 1.47 bits per heavy atom. The summed E-state index contributed by atoms with van der Waals surface area (Å²) < 4.78 is 0. The van der Waals surface area contributed by atoms with Crippen LogP contribution in [-0.2, 0) is 5.41 Å². The number of hydrogen-bond acceptors (Lipinski definition) is 2. The molecule has 0 amide bonds. The number of phenolic OH excluding ortho intramolecular Hbond substituents is 1. The lowest BCUT2D eigenvalue weighted by Gasteiger charge is -2.22. The maximum Gasteiger partial charge on any atom is 0.163 e. The highest BCUT2D eigenvalue weighted by molar-refractivity contribution is 5.97. The Balaban J connectivity index is 3.39. The molecule has 1 aromatic carbocycles. The maximum absolute atomic E-state index is 11.2. The largest absolute Gasteiger partial charge is 0.507 e. The molecule has 0 spiro atoms. The van der Waals surface area contributed by atoms with Gasteiger partial charge in [0.15, 0.2) is 5.78 Å². The summed E-state index contributed by atoms with van der Waals surface area (Å²) in [4.78, 5) is 11.2. The predicted molar refractivity (Wildman–Crippen MR) is 61.3 cm³/mol. The van der Waals surface area contributed by atoms with E-state index < -0.39 is 0 Å². The standard InChI is InChI=1S/C13H16O2/c1-5-13(3,4)11-8-6-7-10(9(2)14)12(11)15/h5-8,15H,1H2,2-4H3. The molecule has 0 atom stereocenters. The maximum atomic E-state index is 11.2. The molecule has 0 saturated heterocycles. The van der Waals surface area contributed by atoms with Crippen LogP contribution in [0.2, 0.25) is 0 Å². The van der Waals surface area contributed by atoms with E-state index in [1.54, 1.807) is 18.2 Å². The lowest BCUT2D eigenvalue weighted by atomic mass is 9.83. The Morgan fingerprint density at radius 3 is 2.53 bits per heavy atom. The van der Waals surface area contributed by atoms with Gasteiger partial charge >= 0.3 is 0 Å². The Hall–Kier alpha value is -1.57. The number of hydrogen-bond donors (Lipinski definition) is 1. The van der Waals surface area contributed by atoms with Crippen LogP contribution in [0.3, 0.4) is 0 Å². The summed E-state index contributed by atoms with van der Waals surface area (Å²) in [5.74, 6) is -0.0656. The second kappa shape index (κ2) is 3.89. The van der Waals surface area contributed by atoms with Gasteiger partial charge in [0.1, 0.15) is 5.75 Å². The minimum absolute atomic E-state index is 0.0647. The van der Waals surface area contributed by atoms with Gasteiger partial charge in [-0.3, -0.25) is 4.79 Å². The first-order valence-electron chi connectivity index (χ1n) is 4.87. The number of allylic oxidation sites excluding steroid dienone is 1. The van der Waals surface area contributed by atoms with Crippen molar-refractivity contribution in [3.8, 4) is 5.75 Å². The quantitative estimate of drug-likeness (QED) is 0.607. The van der Waals surface area contributed by atoms with Gasteiger partial charge in [-0.1, -0.05) is 32.1 Å². The first-order chi connectivity index (χ1) is 6.90. The third kappa shape index (κ3) is 2.09. The average molecular weight is 204 g/mol. The van der Waals surface area contributed by atoms with E-state index >= 15 is 0 Å². The van der Waals surface area contributed by atoms with Crippen molar-refractivity contribution < 1.29 is 9.90 Å². The van der Waals surface area contributed by atoms with Crippen LogP contribution < -0.4 is 0 Å². The van der Waals surface area contributed by atoms with Crippen LogP contribution in [0.1, 0.15) is 36.7 Å². The highest BCUT2D eigenvalue weighted by Gasteiger charge is 2.22. The highest BCUT2D eigenvalue weighted by Crippen LogP contribution is 2.34. The van der Waals surface area contributed by atoms with Crippen LogP contribution in [0.15, 0.2) is 30.9 Å². The second-order valence-electron chi connectivity index (χ2n) is 4.18. The predicted octanol–water partition coefficient (Wildman–Crippen LogP) is 3.06. The molecule has 80 valence electrons. The Bertz CT molecular complexity index is 403. The van der Waals surface area contributed by atoms with Gasteiger partial charge in [-0.25, -0.2) is 0 Å². The Labute approximate surface area is 90.3 Å². The van der Waals surface area contributed by atoms with Crippen LogP contribution in [0, 0.1) is 0 Å². The van der Waals surface area contributed by atoms with Gasteiger partial charge in [0.05, 0.1) is 5.56 Å². The van der Waals surface area contributed by atoms with Crippen molar-refractivity contribution in [2.75, 3.05) is 0 Å². The molecule has 0 bridgehead atoms. The topological polar surface area (TPSA) is 37.3 Å². The van der Waals surface area contributed by atoms with Crippen molar-refractivity contribution in [3.63, 3.8) is 0 Å². The summed E-state index contributed by atoms with van der Waals surface area (Å²) in [6.45, 7) is 9.06. The van der Waals surface area contributed by atoms with E-state index in [-0.39, 0.29) is 16.9 Å². The average Bonchev–Trinajstić information content (AvgIpc) is 2.17. The number of Topliss-reactive ketones (excluding diaryl/α,β-unsaturated/α-hetero) is 1. The molecule has 0 fully saturated rings. The number of carbonyl (C=O) groups excluding carboxylic acids is 1. The minimum atomic E-state index is -0.338. The molecule has 0 aromatic heterocycles. The molecule has 15 heavy (non-hydrogen) atoms. The third-order valence-electron chi connectivity index (χ3n) is 2.62. The number of para-hydroxylation sites is 1. The van der Waals surface area contributed by atoms with E-state index in [1.807, 2.05) is 19.9 Å². The summed E-state index contributed by atoms with van der Waals surface area (Å²) in [7, 11) is 0. The van der Waals surface area contributed by atoms with Gasteiger partial charge in [0, 0.05) is 11.0 Å². The van der Waals surface area contributed by atoms with E-state index in [2.05, 4.69) is 6.58 Å². The first-order valence-corrected chi connectivity index (χ1v) is 4.87. The van der Waals surface area contributed by atoms with Crippen molar-refractivity contribution in [2.45, 2.75) is 26.2 Å². The van der Waals surface area contributed by atoms with Crippen molar-refractivity contribution >= 4 is 5.78 Å². The van der Waals surface area contributed by atoms with E-state index in [0.29, 0.717) is 5.56 Å². The molecule has 2 nitrogen and oxygen atoms in total. The van der Waals surface area contributed by atoms with Gasteiger partial charge < -0.3 is 5.11 Å². The van der Waals surface area contributed by atoms with Gasteiger partial charge in [0.25, 0.3) is 0 Å². The Morgan fingerprint density at radius 2 is 2.07 bits per heavy atom. The van der Waals surface area contributed by atoms with Crippen LogP contribution in [0.25, 0.3) is 0 Å². The number of carbonyl (C=O) groups is 1. The molecule has 0 aliphatic carbocycles. The second-order valence-corrected chi connectivity index (χ2v) is 4.18.